The first-order valence-electron chi connectivity index (χ1n) is 4.58. The largest absolute Gasteiger partial charge is 0.379 e. The molecule has 0 saturated heterocycles. The molecule has 0 amide bonds. The van der Waals surface area contributed by atoms with E-state index in [2.05, 4.69) is 10.3 Å². The summed E-state index contributed by atoms with van der Waals surface area (Å²) >= 11 is 0. The second kappa shape index (κ2) is 4.35. The molecule has 0 aliphatic carbocycles. The molecule has 0 bridgehead atoms. The van der Waals surface area contributed by atoms with Gasteiger partial charge < -0.3 is 5.32 Å². The van der Waals surface area contributed by atoms with Gasteiger partial charge in [-0.3, -0.25) is 4.98 Å². The number of alkyl halides is 2. The zero-order chi connectivity index (χ0) is 10.6. The van der Waals surface area contributed by atoms with E-state index in [9.17, 15) is 8.78 Å². The zero-order valence-corrected chi connectivity index (χ0v) is 8.35. The summed E-state index contributed by atoms with van der Waals surface area (Å²) in [5, 5.41) is 2.67. The van der Waals surface area contributed by atoms with Gasteiger partial charge in [0.15, 0.2) is 0 Å². The van der Waals surface area contributed by atoms with Crippen molar-refractivity contribution < 1.29 is 8.78 Å². The van der Waals surface area contributed by atoms with Gasteiger partial charge >= 0.3 is 0 Å². The van der Waals surface area contributed by atoms with Crippen molar-refractivity contribution in [3.63, 3.8) is 0 Å². The Morgan fingerprint density at radius 1 is 1.50 bits per heavy atom. The number of aromatic nitrogens is 1. The summed E-state index contributed by atoms with van der Waals surface area (Å²) in [7, 11) is 0. The first-order chi connectivity index (χ1) is 6.51. The molecule has 1 aromatic rings. The van der Waals surface area contributed by atoms with E-state index >= 15 is 0 Å². The summed E-state index contributed by atoms with van der Waals surface area (Å²) in [5.74, 6) is -2.68. The molecule has 1 heterocycles. The Hall–Kier alpha value is -1.19. The summed E-state index contributed by atoms with van der Waals surface area (Å²) in [6, 6.07) is 3.47. The minimum Gasteiger partial charge on any atom is -0.379 e. The standard InChI is InChI=1S/C10H14F2N2/c1-3-8-6-9(4-5-13-8)14-7-10(2,11)12/h4-6H,3,7H2,1-2H3,(H,13,14). The number of nitrogens with zero attached hydrogens (tertiary/aromatic N) is 1. The van der Waals surface area contributed by atoms with Crippen molar-refractivity contribution in [2.24, 2.45) is 0 Å². The molecule has 0 saturated carbocycles. The zero-order valence-electron chi connectivity index (χ0n) is 8.35. The maximum Gasteiger partial charge on any atom is 0.262 e. The smallest absolute Gasteiger partial charge is 0.262 e. The molecular formula is C10H14F2N2. The van der Waals surface area contributed by atoms with E-state index in [1.54, 1.807) is 18.3 Å². The van der Waals surface area contributed by atoms with Crippen LogP contribution in [0.2, 0.25) is 0 Å². The van der Waals surface area contributed by atoms with Gasteiger partial charge in [0, 0.05) is 24.5 Å². The predicted molar refractivity (Wildman–Crippen MR) is 52.7 cm³/mol. The number of pyridine rings is 1. The van der Waals surface area contributed by atoms with E-state index in [4.69, 9.17) is 0 Å². The summed E-state index contributed by atoms with van der Waals surface area (Å²) in [5.41, 5.74) is 1.59. The molecule has 14 heavy (non-hydrogen) atoms. The molecule has 0 aromatic carbocycles. The Balaban J connectivity index is 2.59. The van der Waals surface area contributed by atoms with Gasteiger partial charge in [0.05, 0.1) is 6.54 Å². The van der Waals surface area contributed by atoms with Gasteiger partial charge in [-0.05, 0) is 18.6 Å². The summed E-state index contributed by atoms with van der Waals surface area (Å²) in [6.45, 7) is 2.52. The Kier molecular flexibility index (Phi) is 3.38. The van der Waals surface area contributed by atoms with Gasteiger partial charge in [0.25, 0.3) is 5.92 Å². The van der Waals surface area contributed by atoms with E-state index < -0.39 is 5.92 Å². The summed E-state index contributed by atoms with van der Waals surface area (Å²) in [4.78, 5) is 4.07. The van der Waals surface area contributed by atoms with Gasteiger partial charge in [-0.15, -0.1) is 0 Å². The molecule has 0 radical (unpaired) electrons. The van der Waals surface area contributed by atoms with Gasteiger partial charge in [0.1, 0.15) is 0 Å². The van der Waals surface area contributed by atoms with Crippen LogP contribution in [0.4, 0.5) is 14.5 Å². The van der Waals surface area contributed by atoms with Gasteiger partial charge in [0.2, 0.25) is 0 Å². The lowest BCUT2D eigenvalue weighted by molar-refractivity contribution is 0.0368. The van der Waals surface area contributed by atoms with E-state index in [-0.39, 0.29) is 6.54 Å². The highest BCUT2D eigenvalue weighted by molar-refractivity contribution is 5.43. The minimum atomic E-state index is -2.68. The molecule has 0 aliphatic rings. The Morgan fingerprint density at radius 3 is 2.79 bits per heavy atom. The second-order valence-electron chi connectivity index (χ2n) is 3.31. The average Bonchev–Trinajstić information content (AvgIpc) is 2.14. The molecular weight excluding hydrogens is 186 g/mol. The first kappa shape index (κ1) is 10.9. The van der Waals surface area contributed by atoms with Crippen LogP contribution in [0.3, 0.4) is 0 Å². The van der Waals surface area contributed by atoms with Gasteiger partial charge in [-0.2, -0.15) is 0 Å². The molecule has 0 unspecified atom stereocenters. The summed E-state index contributed by atoms with van der Waals surface area (Å²) < 4.78 is 25.0. The quantitative estimate of drug-likeness (QED) is 0.808. The van der Waals surface area contributed by atoms with E-state index in [1.807, 2.05) is 6.92 Å². The van der Waals surface area contributed by atoms with Crippen LogP contribution in [0, 0.1) is 0 Å². The van der Waals surface area contributed by atoms with Crippen molar-refractivity contribution in [2.75, 3.05) is 11.9 Å². The van der Waals surface area contributed by atoms with Crippen LogP contribution < -0.4 is 5.32 Å². The van der Waals surface area contributed by atoms with Crippen molar-refractivity contribution in [1.82, 2.24) is 4.98 Å². The highest BCUT2D eigenvalue weighted by atomic mass is 19.3. The topological polar surface area (TPSA) is 24.9 Å². The van der Waals surface area contributed by atoms with Crippen LogP contribution in [-0.4, -0.2) is 17.5 Å². The number of rotatable bonds is 4. The average molecular weight is 200 g/mol. The molecule has 1 N–H and O–H groups in total. The lowest BCUT2D eigenvalue weighted by atomic mass is 10.2. The third kappa shape index (κ3) is 3.68. The fraction of sp³-hybridized carbons (Fsp3) is 0.500. The molecule has 0 spiro atoms. The molecule has 0 aliphatic heterocycles. The number of halogens is 2. The highest BCUT2D eigenvalue weighted by Crippen LogP contribution is 2.14. The lowest BCUT2D eigenvalue weighted by Gasteiger charge is -2.12. The molecule has 78 valence electrons. The summed E-state index contributed by atoms with van der Waals surface area (Å²) in [6.07, 6.45) is 2.42. The molecule has 2 nitrogen and oxygen atoms in total. The fourth-order valence-electron chi connectivity index (χ4n) is 1.04. The van der Waals surface area contributed by atoms with E-state index in [0.29, 0.717) is 5.69 Å². The number of nitrogens with one attached hydrogen (secondary N) is 1. The maximum absolute atomic E-state index is 12.5. The van der Waals surface area contributed by atoms with Crippen LogP contribution >= 0.6 is 0 Å². The van der Waals surface area contributed by atoms with E-state index in [0.717, 1.165) is 19.0 Å². The highest BCUT2D eigenvalue weighted by Gasteiger charge is 2.20. The number of hydrogen-bond donors (Lipinski definition) is 1. The molecule has 0 atom stereocenters. The molecule has 1 aromatic heterocycles. The Labute approximate surface area is 82.4 Å². The Morgan fingerprint density at radius 2 is 2.21 bits per heavy atom. The minimum absolute atomic E-state index is 0.347. The van der Waals surface area contributed by atoms with Crippen LogP contribution in [0.1, 0.15) is 19.5 Å². The van der Waals surface area contributed by atoms with Crippen LogP contribution in [-0.2, 0) is 6.42 Å². The third-order valence-electron chi connectivity index (χ3n) is 1.78. The van der Waals surface area contributed by atoms with Crippen molar-refractivity contribution in [2.45, 2.75) is 26.2 Å². The monoisotopic (exact) mass is 200 g/mol. The maximum atomic E-state index is 12.5. The third-order valence-corrected chi connectivity index (χ3v) is 1.78. The molecule has 1 rings (SSSR count). The predicted octanol–water partition coefficient (Wildman–Crippen LogP) is 2.71. The lowest BCUT2D eigenvalue weighted by Crippen LogP contribution is -2.22. The number of aryl methyl sites for hydroxylation is 1. The SMILES string of the molecule is CCc1cc(NCC(C)(F)F)ccn1. The van der Waals surface area contributed by atoms with Gasteiger partial charge in [-0.25, -0.2) is 8.78 Å². The van der Waals surface area contributed by atoms with Crippen molar-refractivity contribution in [1.29, 1.82) is 0 Å². The molecule has 4 heteroatoms. The first-order valence-corrected chi connectivity index (χ1v) is 4.58. The van der Waals surface area contributed by atoms with Crippen molar-refractivity contribution in [3.8, 4) is 0 Å². The van der Waals surface area contributed by atoms with Crippen molar-refractivity contribution in [3.05, 3.63) is 24.0 Å². The van der Waals surface area contributed by atoms with Crippen LogP contribution in [0.25, 0.3) is 0 Å². The number of hydrogen-bond acceptors (Lipinski definition) is 2. The Bertz CT molecular complexity index is 294. The molecule has 0 fully saturated rings. The number of anilines is 1. The van der Waals surface area contributed by atoms with Crippen molar-refractivity contribution >= 4 is 5.69 Å². The fourth-order valence-corrected chi connectivity index (χ4v) is 1.04. The van der Waals surface area contributed by atoms with E-state index in [1.165, 1.54) is 0 Å². The van der Waals surface area contributed by atoms with Crippen LogP contribution in [0.15, 0.2) is 18.3 Å². The van der Waals surface area contributed by atoms with Gasteiger partial charge in [-0.1, -0.05) is 6.92 Å². The van der Waals surface area contributed by atoms with Crippen LogP contribution in [0.5, 0.6) is 0 Å². The second-order valence-corrected chi connectivity index (χ2v) is 3.31. The normalized spacial score (nSPS) is 11.4.